The van der Waals surface area contributed by atoms with E-state index in [1.165, 1.54) is 25.6 Å². The van der Waals surface area contributed by atoms with Crippen molar-refractivity contribution in [2.24, 2.45) is 0 Å². The number of ether oxygens (including phenoxy) is 2. The van der Waals surface area contributed by atoms with E-state index in [4.69, 9.17) is 9.47 Å². The number of hydrogen-bond acceptors (Lipinski definition) is 5. The van der Waals surface area contributed by atoms with Crippen molar-refractivity contribution in [3.63, 3.8) is 0 Å². The summed E-state index contributed by atoms with van der Waals surface area (Å²) in [5.74, 6) is 2.79. The van der Waals surface area contributed by atoms with Crippen LogP contribution in [0.3, 0.4) is 0 Å². The highest BCUT2D eigenvalue weighted by molar-refractivity contribution is 5.79. The minimum atomic E-state index is 0.385. The molecular formula is C23H22N4O2. The average molecular weight is 386 g/mol. The van der Waals surface area contributed by atoms with Crippen molar-refractivity contribution in [3.8, 4) is 23.1 Å². The number of fused-ring (bicyclic) bond motifs is 1. The maximum Gasteiger partial charge on any atom is 0.248 e. The largest absolute Gasteiger partial charge is 0.457 e. The van der Waals surface area contributed by atoms with Gasteiger partial charge in [0.25, 0.3) is 0 Å². The molecule has 0 bridgehead atoms. The van der Waals surface area contributed by atoms with Crippen molar-refractivity contribution in [2.45, 2.75) is 38.1 Å². The summed E-state index contributed by atoms with van der Waals surface area (Å²) in [5, 5.41) is 4.60. The van der Waals surface area contributed by atoms with Crippen LogP contribution in [0.15, 0.2) is 67.1 Å². The van der Waals surface area contributed by atoms with Crippen molar-refractivity contribution in [2.75, 3.05) is 0 Å². The van der Waals surface area contributed by atoms with E-state index in [9.17, 15) is 0 Å². The molecule has 0 N–H and O–H groups in total. The Balaban J connectivity index is 1.39. The third-order valence-electron chi connectivity index (χ3n) is 5.29. The van der Waals surface area contributed by atoms with Crippen LogP contribution in [0, 0.1) is 0 Å². The molecule has 1 aliphatic rings. The van der Waals surface area contributed by atoms with Crippen LogP contribution in [-0.2, 0) is 0 Å². The summed E-state index contributed by atoms with van der Waals surface area (Å²) in [6, 6.07) is 17.6. The molecule has 6 heteroatoms. The predicted molar refractivity (Wildman–Crippen MR) is 110 cm³/mol. The summed E-state index contributed by atoms with van der Waals surface area (Å²) in [4.78, 5) is 8.76. The lowest BCUT2D eigenvalue weighted by Gasteiger charge is -2.23. The minimum absolute atomic E-state index is 0.385. The van der Waals surface area contributed by atoms with E-state index < -0.39 is 0 Å². The van der Waals surface area contributed by atoms with Gasteiger partial charge in [-0.15, -0.1) is 0 Å². The molecule has 146 valence electrons. The van der Waals surface area contributed by atoms with Crippen LogP contribution in [0.5, 0.6) is 23.1 Å². The van der Waals surface area contributed by atoms with Gasteiger partial charge in [0.2, 0.25) is 5.88 Å². The van der Waals surface area contributed by atoms with Crippen molar-refractivity contribution in [1.29, 1.82) is 0 Å². The molecule has 0 spiro atoms. The van der Waals surface area contributed by atoms with Gasteiger partial charge in [-0.2, -0.15) is 10.1 Å². The number of rotatable bonds is 5. The fourth-order valence-corrected chi connectivity index (χ4v) is 3.85. The summed E-state index contributed by atoms with van der Waals surface area (Å²) in [6.07, 6.45) is 9.37. The molecule has 0 atom stereocenters. The molecule has 5 rings (SSSR count). The summed E-state index contributed by atoms with van der Waals surface area (Å²) >= 11 is 0. The van der Waals surface area contributed by atoms with Crippen LogP contribution >= 0.6 is 0 Å². The van der Waals surface area contributed by atoms with Crippen LogP contribution in [0.2, 0.25) is 0 Å². The Kier molecular flexibility index (Phi) is 4.82. The summed E-state index contributed by atoms with van der Waals surface area (Å²) in [7, 11) is 0. The quantitative estimate of drug-likeness (QED) is 0.426. The van der Waals surface area contributed by atoms with Crippen LogP contribution in [0.1, 0.15) is 38.1 Å². The second kappa shape index (κ2) is 7.91. The van der Waals surface area contributed by atoms with Gasteiger partial charge in [0.15, 0.2) is 0 Å². The number of para-hydroxylation sites is 1. The molecule has 1 aliphatic carbocycles. The summed E-state index contributed by atoms with van der Waals surface area (Å²) in [5.41, 5.74) is 1.67. The Labute approximate surface area is 169 Å². The molecule has 2 aromatic heterocycles. The van der Waals surface area contributed by atoms with Crippen molar-refractivity contribution >= 4 is 11.0 Å². The van der Waals surface area contributed by atoms with E-state index in [1.807, 2.05) is 54.6 Å². The van der Waals surface area contributed by atoms with Gasteiger partial charge in [-0.1, -0.05) is 37.5 Å². The average Bonchev–Trinajstić information content (AvgIpc) is 3.22. The van der Waals surface area contributed by atoms with Crippen LogP contribution in [0.25, 0.3) is 11.0 Å². The first-order valence-corrected chi connectivity index (χ1v) is 10.1. The van der Waals surface area contributed by atoms with Gasteiger partial charge >= 0.3 is 0 Å². The molecule has 0 radical (unpaired) electrons. The van der Waals surface area contributed by atoms with E-state index in [0.29, 0.717) is 17.7 Å². The molecule has 0 saturated heterocycles. The summed E-state index contributed by atoms with van der Waals surface area (Å²) in [6.45, 7) is 0. The molecule has 2 aromatic carbocycles. The van der Waals surface area contributed by atoms with Gasteiger partial charge in [-0.05, 0) is 49.2 Å². The Morgan fingerprint density at radius 1 is 0.759 bits per heavy atom. The zero-order valence-corrected chi connectivity index (χ0v) is 16.1. The summed E-state index contributed by atoms with van der Waals surface area (Å²) < 4.78 is 14.0. The van der Waals surface area contributed by atoms with Crippen LogP contribution in [0.4, 0.5) is 0 Å². The van der Waals surface area contributed by atoms with E-state index in [0.717, 1.165) is 35.4 Å². The lowest BCUT2D eigenvalue weighted by Crippen LogP contribution is -2.14. The predicted octanol–water partition coefficient (Wildman–Crippen LogP) is 5.92. The first-order chi connectivity index (χ1) is 14.4. The molecule has 0 amide bonds. The van der Waals surface area contributed by atoms with Gasteiger partial charge in [0, 0.05) is 0 Å². The fraction of sp³-hybridized carbons (Fsp3) is 0.261. The van der Waals surface area contributed by atoms with Crippen molar-refractivity contribution in [1.82, 2.24) is 19.7 Å². The Morgan fingerprint density at radius 3 is 2.21 bits per heavy atom. The van der Waals surface area contributed by atoms with Gasteiger partial charge in [-0.25, -0.2) is 4.98 Å². The van der Waals surface area contributed by atoms with Crippen LogP contribution < -0.4 is 9.47 Å². The maximum absolute atomic E-state index is 6.12. The standard InChI is InChI=1S/C23H22N4O2/c1-3-7-17(8-4-1)27-22-21(15-26-27)24-16-25-23(22)29-20-13-11-19(12-14-20)28-18-9-5-2-6-10-18/h2,5-6,9-17H,1,3-4,7-8H2. The lowest BCUT2D eigenvalue weighted by molar-refractivity contribution is 0.334. The second-order valence-corrected chi connectivity index (χ2v) is 7.28. The van der Waals surface area contributed by atoms with E-state index in [2.05, 4.69) is 19.7 Å². The van der Waals surface area contributed by atoms with Gasteiger partial charge < -0.3 is 9.47 Å². The Hall–Kier alpha value is -3.41. The molecule has 29 heavy (non-hydrogen) atoms. The molecule has 1 fully saturated rings. The first kappa shape index (κ1) is 17.7. The normalized spacial score (nSPS) is 14.8. The number of hydrogen-bond donors (Lipinski definition) is 0. The second-order valence-electron chi connectivity index (χ2n) is 7.28. The smallest absolute Gasteiger partial charge is 0.248 e. The maximum atomic E-state index is 6.12. The van der Waals surface area contributed by atoms with Gasteiger partial charge in [-0.3, -0.25) is 4.68 Å². The van der Waals surface area contributed by atoms with E-state index >= 15 is 0 Å². The van der Waals surface area contributed by atoms with Gasteiger partial charge in [0.05, 0.1) is 12.2 Å². The minimum Gasteiger partial charge on any atom is -0.457 e. The lowest BCUT2D eigenvalue weighted by atomic mass is 9.95. The van der Waals surface area contributed by atoms with Crippen molar-refractivity contribution < 1.29 is 9.47 Å². The third-order valence-corrected chi connectivity index (χ3v) is 5.29. The molecule has 6 nitrogen and oxygen atoms in total. The highest BCUT2D eigenvalue weighted by Crippen LogP contribution is 2.34. The topological polar surface area (TPSA) is 62.1 Å². The highest BCUT2D eigenvalue weighted by atomic mass is 16.5. The molecule has 4 aromatic rings. The number of aromatic nitrogens is 4. The first-order valence-electron chi connectivity index (χ1n) is 10.1. The Bertz CT molecular complexity index is 1090. The van der Waals surface area contributed by atoms with Crippen molar-refractivity contribution in [3.05, 3.63) is 67.1 Å². The van der Waals surface area contributed by atoms with Gasteiger partial charge in [0.1, 0.15) is 34.6 Å². The fourth-order valence-electron chi connectivity index (χ4n) is 3.85. The number of benzene rings is 2. The SMILES string of the molecule is c1ccc(Oc2ccc(Oc3ncnc4cnn(C5CCCCC5)c34)cc2)cc1. The molecule has 0 unspecified atom stereocenters. The zero-order valence-electron chi connectivity index (χ0n) is 16.1. The van der Waals surface area contributed by atoms with Crippen LogP contribution in [-0.4, -0.2) is 19.7 Å². The zero-order chi connectivity index (χ0) is 19.5. The van der Waals surface area contributed by atoms with E-state index in [-0.39, 0.29) is 0 Å². The third kappa shape index (κ3) is 3.78. The molecule has 0 aliphatic heterocycles. The Morgan fingerprint density at radius 2 is 1.45 bits per heavy atom. The van der Waals surface area contributed by atoms with E-state index in [1.54, 1.807) is 6.20 Å². The molecule has 2 heterocycles. The number of nitrogens with zero attached hydrogens (tertiary/aromatic N) is 4. The monoisotopic (exact) mass is 386 g/mol. The molecular weight excluding hydrogens is 364 g/mol. The molecule has 1 saturated carbocycles. The highest BCUT2D eigenvalue weighted by Gasteiger charge is 2.21.